The van der Waals surface area contributed by atoms with E-state index in [2.05, 4.69) is 9.97 Å². The van der Waals surface area contributed by atoms with Gasteiger partial charge < -0.3 is 10.5 Å². The first-order valence-corrected chi connectivity index (χ1v) is 5.93. The molecular weight excluding hydrogens is 214 g/mol. The Kier molecular flexibility index (Phi) is 2.65. The van der Waals surface area contributed by atoms with Crippen molar-refractivity contribution in [3.63, 3.8) is 0 Å². The molecule has 3 rings (SSSR count). The largest absolute Gasteiger partial charge is 0.460 e. The summed E-state index contributed by atoms with van der Waals surface area (Å²) in [4.78, 5) is 8.60. The summed E-state index contributed by atoms with van der Waals surface area (Å²) in [5, 5.41) is 1.04. The van der Waals surface area contributed by atoms with Crippen molar-refractivity contribution in [3.05, 3.63) is 30.5 Å². The maximum absolute atomic E-state index is 5.71. The van der Waals surface area contributed by atoms with Gasteiger partial charge in [-0.1, -0.05) is 18.2 Å². The van der Waals surface area contributed by atoms with Gasteiger partial charge in [-0.3, -0.25) is 0 Å². The first-order valence-electron chi connectivity index (χ1n) is 5.93. The molecule has 0 atom stereocenters. The molecule has 0 aliphatic heterocycles. The Morgan fingerprint density at radius 1 is 1.29 bits per heavy atom. The summed E-state index contributed by atoms with van der Waals surface area (Å²) < 4.78 is 5.71. The molecule has 1 heterocycles. The van der Waals surface area contributed by atoms with Crippen LogP contribution in [-0.4, -0.2) is 22.6 Å². The first kappa shape index (κ1) is 10.5. The normalized spacial score (nSPS) is 23.4. The number of hydrogen-bond donors (Lipinski definition) is 1. The van der Waals surface area contributed by atoms with Gasteiger partial charge >= 0.3 is 6.01 Å². The molecule has 2 N–H and O–H groups in total. The number of nitrogens with zero attached hydrogens (tertiary/aromatic N) is 2. The second-order valence-corrected chi connectivity index (χ2v) is 4.52. The molecule has 88 valence electrons. The number of fused-ring (bicyclic) bond motifs is 1. The van der Waals surface area contributed by atoms with Crippen LogP contribution in [0, 0.1) is 5.92 Å². The van der Waals surface area contributed by atoms with Crippen LogP contribution < -0.4 is 10.5 Å². The molecule has 17 heavy (non-hydrogen) atoms. The third-order valence-corrected chi connectivity index (χ3v) is 3.26. The van der Waals surface area contributed by atoms with Gasteiger partial charge in [-0.15, -0.1) is 0 Å². The minimum Gasteiger partial charge on any atom is -0.460 e. The van der Waals surface area contributed by atoms with Crippen LogP contribution in [0.25, 0.3) is 10.9 Å². The van der Waals surface area contributed by atoms with E-state index < -0.39 is 0 Å². The summed E-state index contributed by atoms with van der Waals surface area (Å²) in [5.74, 6) is 0.612. The van der Waals surface area contributed by atoms with Crippen LogP contribution in [0.15, 0.2) is 30.5 Å². The lowest BCUT2D eigenvalue weighted by molar-refractivity contribution is 0.0607. The predicted octanol–water partition coefficient (Wildman–Crippen LogP) is 1.75. The zero-order valence-corrected chi connectivity index (χ0v) is 9.54. The molecule has 0 saturated heterocycles. The second kappa shape index (κ2) is 4.30. The van der Waals surface area contributed by atoms with Gasteiger partial charge in [0.1, 0.15) is 6.10 Å². The van der Waals surface area contributed by atoms with Gasteiger partial charge in [-0.2, -0.15) is 4.98 Å². The zero-order chi connectivity index (χ0) is 11.7. The van der Waals surface area contributed by atoms with Crippen molar-refractivity contribution in [1.29, 1.82) is 0 Å². The number of para-hydroxylation sites is 1. The monoisotopic (exact) mass is 229 g/mol. The van der Waals surface area contributed by atoms with Crippen molar-refractivity contribution in [2.24, 2.45) is 11.7 Å². The Bertz CT molecular complexity index is 523. The standard InChI is InChI=1S/C13H15N3O/c14-7-9-5-11(6-9)17-13-15-8-10-3-1-2-4-12(10)16-13/h1-4,8-9,11H,5-7,14H2. The molecule has 4 nitrogen and oxygen atoms in total. The fourth-order valence-corrected chi connectivity index (χ4v) is 2.12. The van der Waals surface area contributed by atoms with E-state index in [1.165, 1.54) is 0 Å². The number of benzene rings is 1. The molecule has 0 amide bonds. The van der Waals surface area contributed by atoms with Crippen molar-refractivity contribution in [3.8, 4) is 6.01 Å². The summed E-state index contributed by atoms with van der Waals surface area (Å²) in [6.45, 7) is 0.748. The van der Waals surface area contributed by atoms with Crippen LogP contribution in [0.2, 0.25) is 0 Å². The van der Waals surface area contributed by atoms with E-state index in [1.54, 1.807) is 6.20 Å². The fourth-order valence-electron chi connectivity index (χ4n) is 2.12. The molecule has 1 aliphatic rings. The lowest BCUT2D eigenvalue weighted by atomic mass is 9.82. The van der Waals surface area contributed by atoms with Crippen LogP contribution in [0.4, 0.5) is 0 Å². The maximum atomic E-state index is 5.71. The summed E-state index contributed by atoms with van der Waals surface area (Å²) in [6, 6.07) is 8.38. The Balaban J connectivity index is 1.73. The van der Waals surface area contributed by atoms with E-state index in [4.69, 9.17) is 10.5 Å². The van der Waals surface area contributed by atoms with Crippen molar-refractivity contribution in [2.75, 3.05) is 6.54 Å². The Morgan fingerprint density at radius 3 is 2.94 bits per heavy atom. The van der Waals surface area contributed by atoms with Crippen molar-refractivity contribution >= 4 is 10.9 Å². The Labute approximate surface area is 99.8 Å². The molecule has 4 heteroatoms. The van der Waals surface area contributed by atoms with Gasteiger partial charge in [-0.25, -0.2) is 4.98 Å². The Morgan fingerprint density at radius 2 is 2.12 bits per heavy atom. The highest BCUT2D eigenvalue weighted by molar-refractivity contribution is 5.77. The van der Waals surface area contributed by atoms with Crippen molar-refractivity contribution in [1.82, 2.24) is 9.97 Å². The number of nitrogens with two attached hydrogens (primary N) is 1. The molecule has 1 aromatic carbocycles. The van der Waals surface area contributed by atoms with E-state index in [1.807, 2.05) is 24.3 Å². The van der Waals surface area contributed by atoms with Gasteiger partial charge in [-0.05, 0) is 31.4 Å². The zero-order valence-electron chi connectivity index (χ0n) is 9.54. The third-order valence-electron chi connectivity index (χ3n) is 3.26. The van der Waals surface area contributed by atoms with Crippen LogP contribution in [-0.2, 0) is 0 Å². The number of ether oxygens (including phenoxy) is 1. The van der Waals surface area contributed by atoms with E-state index >= 15 is 0 Å². The molecule has 0 bridgehead atoms. The van der Waals surface area contributed by atoms with E-state index in [9.17, 15) is 0 Å². The van der Waals surface area contributed by atoms with Gasteiger partial charge in [0.2, 0.25) is 0 Å². The average molecular weight is 229 g/mol. The predicted molar refractivity (Wildman–Crippen MR) is 65.7 cm³/mol. The minimum atomic E-state index is 0.240. The first-order chi connectivity index (χ1) is 8.35. The van der Waals surface area contributed by atoms with Crippen LogP contribution >= 0.6 is 0 Å². The molecule has 1 saturated carbocycles. The van der Waals surface area contributed by atoms with Gasteiger partial charge in [0.25, 0.3) is 0 Å². The third kappa shape index (κ3) is 2.08. The second-order valence-electron chi connectivity index (χ2n) is 4.52. The summed E-state index contributed by atoms with van der Waals surface area (Å²) in [6.07, 6.45) is 4.08. The number of aromatic nitrogens is 2. The lowest BCUT2D eigenvalue weighted by Gasteiger charge is -2.33. The van der Waals surface area contributed by atoms with Gasteiger partial charge in [0.15, 0.2) is 0 Å². The molecule has 2 aromatic rings. The highest BCUT2D eigenvalue weighted by atomic mass is 16.5. The lowest BCUT2D eigenvalue weighted by Crippen LogP contribution is -2.38. The molecular formula is C13H15N3O. The number of hydrogen-bond acceptors (Lipinski definition) is 4. The van der Waals surface area contributed by atoms with Crippen molar-refractivity contribution in [2.45, 2.75) is 18.9 Å². The van der Waals surface area contributed by atoms with Crippen LogP contribution in [0.3, 0.4) is 0 Å². The molecule has 0 radical (unpaired) electrons. The van der Waals surface area contributed by atoms with Crippen LogP contribution in [0.5, 0.6) is 6.01 Å². The highest BCUT2D eigenvalue weighted by Gasteiger charge is 2.30. The summed E-state index contributed by atoms with van der Waals surface area (Å²) in [5.41, 5.74) is 6.50. The molecule has 1 aliphatic carbocycles. The summed E-state index contributed by atoms with van der Waals surface area (Å²) in [7, 11) is 0. The van der Waals surface area contributed by atoms with E-state index in [0.29, 0.717) is 11.9 Å². The van der Waals surface area contributed by atoms with Crippen LogP contribution in [0.1, 0.15) is 12.8 Å². The molecule has 1 fully saturated rings. The minimum absolute atomic E-state index is 0.240. The van der Waals surface area contributed by atoms with E-state index in [0.717, 1.165) is 30.3 Å². The SMILES string of the molecule is NCC1CC(Oc2ncc3ccccc3n2)C1. The maximum Gasteiger partial charge on any atom is 0.317 e. The summed E-state index contributed by atoms with van der Waals surface area (Å²) >= 11 is 0. The smallest absolute Gasteiger partial charge is 0.317 e. The molecule has 0 unspecified atom stereocenters. The molecule has 1 aromatic heterocycles. The van der Waals surface area contributed by atoms with E-state index in [-0.39, 0.29) is 6.10 Å². The quantitative estimate of drug-likeness (QED) is 0.871. The topological polar surface area (TPSA) is 61.0 Å². The fraction of sp³-hybridized carbons (Fsp3) is 0.385. The van der Waals surface area contributed by atoms with Gasteiger partial charge in [0, 0.05) is 11.6 Å². The molecule has 0 spiro atoms. The Hall–Kier alpha value is -1.68. The number of rotatable bonds is 3. The highest BCUT2D eigenvalue weighted by Crippen LogP contribution is 2.29. The average Bonchev–Trinajstić information content (AvgIpc) is 2.33. The van der Waals surface area contributed by atoms with Crippen molar-refractivity contribution < 1.29 is 4.74 Å². The van der Waals surface area contributed by atoms with Gasteiger partial charge in [0.05, 0.1) is 5.52 Å².